The van der Waals surface area contributed by atoms with Gasteiger partial charge in [-0.25, -0.2) is 0 Å². The molecule has 5 heteroatoms. The topological polar surface area (TPSA) is 75.7 Å². The summed E-state index contributed by atoms with van der Waals surface area (Å²) in [6.07, 6.45) is 6.51. The van der Waals surface area contributed by atoms with Crippen molar-refractivity contribution in [2.45, 2.75) is 51.0 Å². The summed E-state index contributed by atoms with van der Waals surface area (Å²) in [6, 6.07) is 12.9. The number of benzene rings is 2. The van der Waals surface area contributed by atoms with Crippen LogP contribution in [0.2, 0.25) is 0 Å². The minimum Gasteiger partial charge on any atom is -0.507 e. The molecule has 2 aromatic rings. The Morgan fingerprint density at radius 1 is 1.18 bits per heavy atom. The molecule has 4 rings (SSSR count). The van der Waals surface area contributed by atoms with Gasteiger partial charge in [0.15, 0.2) is 0 Å². The Bertz CT molecular complexity index is 921. The zero-order valence-electron chi connectivity index (χ0n) is 16.3. The summed E-state index contributed by atoms with van der Waals surface area (Å²) in [6.45, 7) is 3.94. The number of fused-ring (bicyclic) bond motifs is 2. The molecule has 2 fully saturated rings. The first kappa shape index (κ1) is 18.7. The molecule has 2 bridgehead atoms. The van der Waals surface area contributed by atoms with Gasteiger partial charge < -0.3 is 5.11 Å². The maximum absolute atomic E-state index is 11.5. The molecule has 0 aliphatic heterocycles. The molecule has 1 N–H and O–H groups in total. The molecule has 0 heterocycles. The third kappa shape index (κ3) is 3.30. The summed E-state index contributed by atoms with van der Waals surface area (Å²) in [5.41, 5.74) is 1.36. The second-order valence-corrected chi connectivity index (χ2v) is 8.70. The van der Waals surface area contributed by atoms with Gasteiger partial charge in [-0.1, -0.05) is 50.6 Å². The van der Waals surface area contributed by atoms with Crippen LogP contribution >= 0.6 is 0 Å². The van der Waals surface area contributed by atoms with Crippen molar-refractivity contribution in [1.29, 1.82) is 0 Å². The van der Waals surface area contributed by atoms with Gasteiger partial charge in [-0.3, -0.25) is 15.1 Å². The van der Waals surface area contributed by atoms with Crippen LogP contribution in [-0.2, 0) is 5.41 Å². The Labute approximate surface area is 165 Å². The van der Waals surface area contributed by atoms with E-state index in [-0.39, 0.29) is 17.5 Å². The number of nitro groups is 1. The molecule has 0 radical (unpaired) electrons. The van der Waals surface area contributed by atoms with E-state index in [0.29, 0.717) is 17.0 Å². The fourth-order valence-corrected chi connectivity index (χ4v) is 4.90. The average molecular weight is 378 g/mol. The van der Waals surface area contributed by atoms with E-state index in [1.54, 1.807) is 6.21 Å². The number of hydrogen-bond donors (Lipinski definition) is 1. The van der Waals surface area contributed by atoms with E-state index in [4.69, 9.17) is 4.99 Å². The second kappa shape index (κ2) is 7.04. The quantitative estimate of drug-likeness (QED) is 0.439. The van der Waals surface area contributed by atoms with Crippen LogP contribution in [0.1, 0.15) is 56.2 Å². The number of aromatic hydroxyl groups is 1. The third-order valence-corrected chi connectivity index (χ3v) is 6.61. The van der Waals surface area contributed by atoms with Crippen LogP contribution in [-0.4, -0.2) is 22.3 Å². The van der Waals surface area contributed by atoms with Crippen molar-refractivity contribution in [2.75, 3.05) is 0 Å². The summed E-state index contributed by atoms with van der Waals surface area (Å²) in [5.74, 6) is 1.48. The maximum atomic E-state index is 11.5. The smallest absolute Gasteiger partial charge is 0.270 e. The van der Waals surface area contributed by atoms with E-state index in [0.717, 1.165) is 17.9 Å². The molecule has 28 heavy (non-hydrogen) atoms. The highest BCUT2D eigenvalue weighted by Crippen LogP contribution is 2.46. The van der Waals surface area contributed by atoms with Crippen LogP contribution in [0, 0.1) is 22.0 Å². The molecule has 2 saturated carbocycles. The summed E-state index contributed by atoms with van der Waals surface area (Å²) in [5, 5.41) is 22.5. The van der Waals surface area contributed by atoms with Gasteiger partial charge in [-0.05, 0) is 36.7 Å². The van der Waals surface area contributed by atoms with Crippen LogP contribution in [0.25, 0.3) is 0 Å². The molecule has 5 nitrogen and oxygen atoms in total. The molecule has 2 aliphatic rings. The lowest BCUT2D eigenvalue weighted by Crippen LogP contribution is -2.20. The Morgan fingerprint density at radius 3 is 2.54 bits per heavy atom. The summed E-state index contributed by atoms with van der Waals surface area (Å²) in [7, 11) is 0. The monoisotopic (exact) mass is 378 g/mol. The van der Waals surface area contributed by atoms with E-state index in [1.807, 2.05) is 44.2 Å². The van der Waals surface area contributed by atoms with Crippen molar-refractivity contribution in [1.82, 2.24) is 0 Å². The first-order chi connectivity index (χ1) is 13.4. The van der Waals surface area contributed by atoms with Crippen LogP contribution in [0.5, 0.6) is 5.75 Å². The second-order valence-electron chi connectivity index (χ2n) is 8.70. The molecular weight excluding hydrogens is 352 g/mol. The fourth-order valence-electron chi connectivity index (χ4n) is 4.90. The van der Waals surface area contributed by atoms with Crippen molar-refractivity contribution >= 4 is 11.9 Å². The highest BCUT2D eigenvalue weighted by atomic mass is 16.6. The van der Waals surface area contributed by atoms with Gasteiger partial charge in [0.2, 0.25) is 0 Å². The van der Waals surface area contributed by atoms with Crippen LogP contribution in [0.3, 0.4) is 0 Å². The van der Waals surface area contributed by atoms with Crippen molar-refractivity contribution in [3.05, 3.63) is 69.3 Å². The first-order valence-electron chi connectivity index (χ1n) is 9.97. The van der Waals surface area contributed by atoms with Gasteiger partial charge in [-0.2, -0.15) is 0 Å². The maximum Gasteiger partial charge on any atom is 0.270 e. The minimum atomic E-state index is -0.577. The number of rotatable bonds is 5. The third-order valence-electron chi connectivity index (χ3n) is 6.61. The summed E-state index contributed by atoms with van der Waals surface area (Å²) in [4.78, 5) is 15.8. The number of phenols is 1. The number of non-ortho nitro benzene ring substituents is 1. The Morgan fingerprint density at radius 2 is 1.93 bits per heavy atom. The Kier molecular flexibility index (Phi) is 4.69. The molecule has 0 spiro atoms. The number of hydrogen-bond acceptors (Lipinski definition) is 4. The van der Waals surface area contributed by atoms with Crippen LogP contribution < -0.4 is 0 Å². The van der Waals surface area contributed by atoms with E-state index in [9.17, 15) is 15.2 Å². The number of nitro benzene ring substituents is 1. The lowest BCUT2D eigenvalue weighted by molar-refractivity contribution is -0.385. The fraction of sp³-hybridized carbons (Fsp3) is 0.435. The van der Waals surface area contributed by atoms with E-state index in [2.05, 4.69) is 0 Å². The highest BCUT2D eigenvalue weighted by Gasteiger charge is 2.39. The van der Waals surface area contributed by atoms with Crippen molar-refractivity contribution in [3.8, 4) is 5.75 Å². The largest absolute Gasteiger partial charge is 0.507 e. The van der Waals surface area contributed by atoms with Crippen molar-refractivity contribution in [3.63, 3.8) is 0 Å². The number of aliphatic imine (C=N–C) groups is 1. The van der Waals surface area contributed by atoms with E-state index in [1.165, 1.54) is 31.4 Å². The van der Waals surface area contributed by atoms with Crippen molar-refractivity contribution < 1.29 is 10.0 Å². The van der Waals surface area contributed by atoms with Gasteiger partial charge in [0.05, 0.1) is 11.0 Å². The van der Waals surface area contributed by atoms with Crippen LogP contribution in [0.4, 0.5) is 5.69 Å². The van der Waals surface area contributed by atoms with Crippen molar-refractivity contribution in [2.24, 2.45) is 16.8 Å². The molecule has 0 saturated heterocycles. The zero-order valence-corrected chi connectivity index (χ0v) is 16.3. The zero-order chi connectivity index (χ0) is 19.9. The predicted molar refractivity (Wildman–Crippen MR) is 110 cm³/mol. The molecule has 146 valence electrons. The molecule has 2 aliphatic carbocycles. The van der Waals surface area contributed by atoms with Gasteiger partial charge in [0.1, 0.15) is 5.75 Å². The number of nitrogens with zero attached hydrogens (tertiary/aromatic N) is 2. The predicted octanol–water partition coefficient (Wildman–Crippen LogP) is 5.23. The van der Waals surface area contributed by atoms with E-state index < -0.39 is 10.3 Å². The normalized spacial score (nSPS) is 24.1. The summed E-state index contributed by atoms with van der Waals surface area (Å²) < 4.78 is 0. The molecule has 3 atom stereocenters. The Balaban J connectivity index is 1.74. The molecule has 0 amide bonds. The van der Waals surface area contributed by atoms with Gasteiger partial charge in [0.25, 0.3) is 5.69 Å². The molecule has 0 aromatic heterocycles. The molecular formula is C23H26N2O3. The standard InChI is InChI=1S/C23H26N2O3/c1-23(2,18-6-4-3-5-7-18)20-13-19(25(27)28)12-17(22(20)26)14-24-21-11-15-8-9-16(21)10-15/h3-7,12-16,21,26H,8-11H2,1-2H3. The van der Waals surface area contributed by atoms with Gasteiger partial charge in [-0.15, -0.1) is 0 Å². The number of phenolic OH excluding ortho intramolecular Hbond substituents is 1. The molecule has 3 unspecified atom stereocenters. The summed E-state index contributed by atoms with van der Waals surface area (Å²) >= 11 is 0. The highest BCUT2D eigenvalue weighted by molar-refractivity contribution is 5.86. The van der Waals surface area contributed by atoms with Crippen LogP contribution in [0.15, 0.2) is 47.5 Å². The minimum absolute atomic E-state index is 0.0220. The average Bonchev–Trinajstić information content (AvgIpc) is 3.30. The molecule has 2 aromatic carbocycles. The van der Waals surface area contributed by atoms with E-state index >= 15 is 0 Å². The van der Waals surface area contributed by atoms with Gasteiger partial charge in [0, 0.05) is 34.9 Å². The SMILES string of the molecule is CC(C)(c1ccccc1)c1cc([N+](=O)[O-])cc(C=NC2CC3CCC2C3)c1O. The lowest BCUT2D eigenvalue weighted by atomic mass is 9.77. The van der Waals surface area contributed by atoms with Gasteiger partial charge >= 0.3 is 0 Å². The lowest BCUT2D eigenvalue weighted by Gasteiger charge is -2.27. The Hall–Kier alpha value is -2.69. The first-order valence-corrected chi connectivity index (χ1v) is 9.97.